The summed E-state index contributed by atoms with van der Waals surface area (Å²) in [6.07, 6.45) is -0.0374. The molecule has 0 bridgehead atoms. The Balaban J connectivity index is 1.88. The average molecular weight is 555 g/mol. The SMILES string of the molecule is CCOC(=O)c1sc(N2C(=O)C(=O)/C(=C(\O)c3ccc(OC(C)C)c(C)c3)C2c2ccc(Cl)cc2)nc1C. The van der Waals surface area contributed by atoms with Crippen LogP contribution in [-0.2, 0) is 14.3 Å². The van der Waals surface area contributed by atoms with Gasteiger partial charge < -0.3 is 14.6 Å². The third kappa shape index (κ3) is 5.16. The lowest BCUT2D eigenvalue weighted by atomic mass is 9.95. The number of carbonyl (C=O) groups is 3. The summed E-state index contributed by atoms with van der Waals surface area (Å²) in [6.45, 7) is 9.16. The minimum atomic E-state index is -1.00. The van der Waals surface area contributed by atoms with Gasteiger partial charge in [-0.1, -0.05) is 35.1 Å². The highest BCUT2D eigenvalue weighted by Crippen LogP contribution is 2.44. The second-order valence-electron chi connectivity index (χ2n) is 9.00. The number of hydrogen-bond donors (Lipinski definition) is 1. The van der Waals surface area contributed by atoms with Crippen LogP contribution in [0.3, 0.4) is 0 Å². The number of hydrogen-bond acceptors (Lipinski definition) is 8. The Hall–Kier alpha value is -3.69. The molecule has 198 valence electrons. The quantitative estimate of drug-likeness (QED) is 0.165. The number of esters is 1. The van der Waals surface area contributed by atoms with Crippen molar-refractivity contribution in [3.05, 3.63) is 80.3 Å². The number of halogens is 1. The molecule has 2 aromatic carbocycles. The van der Waals surface area contributed by atoms with Gasteiger partial charge in [-0.05, 0) is 76.1 Å². The molecule has 10 heteroatoms. The molecule has 1 amide bonds. The van der Waals surface area contributed by atoms with Crippen LogP contribution in [0.15, 0.2) is 48.0 Å². The molecule has 1 atom stereocenters. The zero-order valence-corrected chi connectivity index (χ0v) is 23.1. The number of thiazole rings is 1. The van der Waals surface area contributed by atoms with Crippen molar-refractivity contribution in [1.82, 2.24) is 4.98 Å². The van der Waals surface area contributed by atoms with Crippen molar-refractivity contribution < 1.29 is 29.0 Å². The number of carbonyl (C=O) groups excluding carboxylic acids is 3. The van der Waals surface area contributed by atoms with E-state index in [2.05, 4.69) is 4.98 Å². The van der Waals surface area contributed by atoms with Crippen LogP contribution in [0.25, 0.3) is 5.76 Å². The van der Waals surface area contributed by atoms with Crippen LogP contribution in [0, 0.1) is 13.8 Å². The first-order chi connectivity index (χ1) is 18.0. The van der Waals surface area contributed by atoms with Crippen molar-refractivity contribution in [2.45, 2.75) is 46.8 Å². The summed E-state index contributed by atoms with van der Waals surface area (Å²) in [7, 11) is 0. The van der Waals surface area contributed by atoms with E-state index in [1.54, 1.807) is 56.3 Å². The molecule has 0 spiro atoms. The van der Waals surface area contributed by atoms with Crippen LogP contribution in [0.5, 0.6) is 5.75 Å². The highest BCUT2D eigenvalue weighted by Gasteiger charge is 2.48. The Morgan fingerprint density at radius 1 is 1.16 bits per heavy atom. The van der Waals surface area contributed by atoms with Crippen molar-refractivity contribution >= 4 is 51.5 Å². The van der Waals surface area contributed by atoms with E-state index in [-0.39, 0.29) is 34.1 Å². The maximum absolute atomic E-state index is 13.4. The molecule has 1 aliphatic rings. The molecule has 1 aromatic heterocycles. The molecule has 0 aliphatic carbocycles. The Bertz CT molecular complexity index is 1440. The average Bonchev–Trinajstić information content (AvgIpc) is 3.37. The molecule has 3 aromatic rings. The van der Waals surface area contributed by atoms with Gasteiger partial charge in [0.1, 0.15) is 16.4 Å². The number of aliphatic hydroxyl groups excluding tert-OH is 1. The predicted molar refractivity (Wildman–Crippen MR) is 146 cm³/mol. The van der Waals surface area contributed by atoms with Gasteiger partial charge in [0.05, 0.1) is 30.0 Å². The van der Waals surface area contributed by atoms with Gasteiger partial charge in [0.25, 0.3) is 5.78 Å². The maximum Gasteiger partial charge on any atom is 0.350 e. The molecule has 0 radical (unpaired) electrons. The number of ketones is 1. The number of rotatable bonds is 7. The lowest BCUT2D eigenvalue weighted by Crippen LogP contribution is -2.29. The summed E-state index contributed by atoms with van der Waals surface area (Å²) in [5, 5.41) is 12.0. The van der Waals surface area contributed by atoms with E-state index in [1.165, 1.54) is 4.90 Å². The minimum Gasteiger partial charge on any atom is -0.507 e. The maximum atomic E-state index is 13.4. The molecule has 0 saturated carbocycles. The second-order valence-corrected chi connectivity index (χ2v) is 10.4. The highest BCUT2D eigenvalue weighted by atomic mass is 35.5. The molecule has 1 N–H and O–H groups in total. The number of amides is 1. The van der Waals surface area contributed by atoms with Gasteiger partial charge in [0, 0.05) is 10.6 Å². The number of nitrogens with zero attached hydrogens (tertiary/aromatic N) is 2. The van der Waals surface area contributed by atoms with Gasteiger partial charge in [0.2, 0.25) is 0 Å². The summed E-state index contributed by atoms with van der Waals surface area (Å²) < 4.78 is 10.9. The van der Waals surface area contributed by atoms with Crippen LogP contribution < -0.4 is 9.64 Å². The molecule has 1 fully saturated rings. The van der Waals surface area contributed by atoms with Crippen molar-refractivity contribution in [2.24, 2.45) is 0 Å². The first-order valence-corrected chi connectivity index (χ1v) is 13.2. The fraction of sp³-hybridized carbons (Fsp3) is 0.286. The zero-order valence-electron chi connectivity index (χ0n) is 21.6. The standard InChI is InChI=1S/C28H27ClN2O6S/c1-6-36-27(35)25-16(5)30-28(38-25)31-22(17-7-10-19(29)11-8-17)21(24(33)26(31)34)23(32)18-9-12-20(15(4)13-18)37-14(2)3/h7-14,22,32H,6H2,1-5H3/b23-21-. The van der Waals surface area contributed by atoms with E-state index >= 15 is 0 Å². The number of Topliss-reactive ketones (excluding diaryl/α,β-unsaturated/α-hetero) is 1. The highest BCUT2D eigenvalue weighted by molar-refractivity contribution is 7.17. The first-order valence-electron chi connectivity index (χ1n) is 12.0. The van der Waals surface area contributed by atoms with E-state index in [0.29, 0.717) is 27.6 Å². The number of aryl methyl sites for hydroxylation is 2. The number of benzene rings is 2. The van der Waals surface area contributed by atoms with Gasteiger partial charge in [-0.2, -0.15) is 0 Å². The minimum absolute atomic E-state index is 0.0374. The van der Waals surface area contributed by atoms with E-state index in [9.17, 15) is 19.5 Å². The normalized spacial score (nSPS) is 16.8. The fourth-order valence-corrected chi connectivity index (χ4v) is 5.31. The van der Waals surface area contributed by atoms with Crippen LogP contribution in [0.2, 0.25) is 5.02 Å². The molecule has 38 heavy (non-hydrogen) atoms. The first kappa shape index (κ1) is 27.3. The molecule has 4 rings (SSSR count). The molecule has 8 nitrogen and oxygen atoms in total. The number of aromatic nitrogens is 1. The Labute approximate surface area is 229 Å². The molecule has 2 heterocycles. The lowest BCUT2D eigenvalue weighted by molar-refractivity contribution is -0.132. The topological polar surface area (TPSA) is 106 Å². The largest absolute Gasteiger partial charge is 0.507 e. The van der Waals surface area contributed by atoms with Crippen molar-refractivity contribution in [2.75, 3.05) is 11.5 Å². The third-order valence-electron chi connectivity index (χ3n) is 5.89. The fourth-order valence-electron chi connectivity index (χ4n) is 4.20. The van der Waals surface area contributed by atoms with Crippen molar-refractivity contribution in [1.29, 1.82) is 0 Å². The molecular formula is C28H27ClN2O6S. The van der Waals surface area contributed by atoms with E-state index in [0.717, 1.165) is 16.9 Å². The van der Waals surface area contributed by atoms with Crippen LogP contribution in [-0.4, -0.2) is 40.5 Å². The van der Waals surface area contributed by atoms with Gasteiger partial charge in [-0.15, -0.1) is 0 Å². The molecule has 1 unspecified atom stereocenters. The molecule has 1 saturated heterocycles. The van der Waals surface area contributed by atoms with Crippen LogP contribution in [0.1, 0.15) is 58.9 Å². The zero-order chi connectivity index (χ0) is 27.7. The Morgan fingerprint density at radius 3 is 2.45 bits per heavy atom. The number of ether oxygens (including phenoxy) is 2. The van der Waals surface area contributed by atoms with Crippen molar-refractivity contribution in [3.63, 3.8) is 0 Å². The smallest absolute Gasteiger partial charge is 0.350 e. The van der Waals surface area contributed by atoms with Crippen LogP contribution in [0.4, 0.5) is 5.13 Å². The van der Waals surface area contributed by atoms with Gasteiger partial charge in [-0.25, -0.2) is 9.78 Å². The van der Waals surface area contributed by atoms with Gasteiger partial charge in [-0.3, -0.25) is 14.5 Å². The number of anilines is 1. The monoisotopic (exact) mass is 554 g/mol. The van der Waals surface area contributed by atoms with E-state index in [1.807, 2.05) is 20.8 Å². The Morgan fingerprint density at radius 2 is 1.84 bits per heavy atom. The molecular weight excluding hydrogens is 528 g/mol. The summed E-state index contributed by atoms with van der Waals surface area (Å²) >= 11 is 7.05. The van der Waals surface area contributed by atoms with Gasteiger partial charge >= 0.3 is 11.9 Å². The summed E-state index contributed by atoms with van der Waals surface area (Å²) in [6, 6.07) is 10.7. The van der Waals surface area contributed by atoms with E-state index in [4.69, 9.17) is 21.1 Å². The van der Waals surface area contributed by atoms with Gasteiger partial charge in [0.15, 0.2) is 5.13 Å². The van der Waals surface area contributed by atoms with Crippen LogP contribution >= 0.6 is 22.9 Å². The lowest BCUT2D eigenvalue weighted by Gasteiger charge is -2.23. The summed E-state index contributed by atoms with van der Waals surface area (Å²) in [5.74, 6) is -1.98. The predicted octanol–water partition coefficient (Wildman–Crippen LogP) is 6.00. The summed E-state index contributed by atoms with van der Waals surface area (Å²) in [5.41, 5.74) is 1.93. The van der Waals surface area contributed by atoms with E-state index < -0.39 is 23.7 Å². The second kappa shape index (κ2) is 11.0. The molecule has 1 aliphatic heterocycles. The Kier molecular flexibility index (Phi) is 7.89. The third-order valence-corrected chi connectivity index (χ3v) is 7.28. The van der Waals surface area contributed by atoms with Crippen molar-refractivity contribution in [3.8, 4) is 5.75 Å². The summed E-state index contributed by atoms with van der Waals surface area (Å²) in [4.78, 5) is 45.1. The number of aliphatic hydroxyl groups is 1.